The highest BCUT2D eigenvalue weighted by Crippen LogP contribution is 2.29. The van der Waals surface area contributed by atoms with Crippen molar-refractivity contribution in [3.05, 3.63) is 0 Å². The van der Waals surface area contributed by atoms with Gasteiger partial charge in [0, 0.05) is 0 Å². The molecule has 2 N–H and O–H groups in total. The number of rotatable bonds is 4. The molecule has 0 aromatic heterocycles. The lowest BCUT2D eigenvalue weighted by atomic mass is 9.76. The third-order valence-corrected chi connectivity index (χ3v) is 2.69. The predicted octanol–water partition coefficient (Wildman–Crippen LogP) is 2.65. The summed E-state index contributed by atoms with van der Waals surface area (Å²) in [7, 11) is 0. The molecule has 0 aromatic rings. The van der Waals surface area contributed by atoms with E-state index in [1.165, 1.54) is 6.42 Å². The molecule has 0 saturated carbocycles. The second kappa shape index (κ2) is 4.10. The van der Waals surface area contributed by atoms with Gasteiger partial charge in [0.2, 0.25) is 0 Å². The molecule has 1 nitrogen and oxygen atoms in total. The van der Waals surface area contributed by atoms with Crippen molar-refractivity contribution in [2.75, 3.05) is 6.54 Å². The van der Waals surface area contributed by atoms with E-state index in [-0.39, 0.29) is 0 Å². The molecule has 0 spiro atoms. The normalized spacial score (nSPS) is 15.5. The molecule has 0 rings (SSSR count). The SMILES string of the molecule is CC(C)CC(C)C(C)(C)CN. The molecule has 1 heteroatoms. The van der Waals surface area contributed by atoms with E-state index >= 15 is 0 Å². The van der Waals surface area contributed by atoms with Gasteiger partial charge in [-0.1, -0.05) is 34.6 Å². The fourth-order valence-electron chi connectivity index (χ4n) is 1.23. The van der Waals surface area contributed by atoms with E-state index in [2.05, 4.69) is 34.6 Å². The standard InChI is InChI=1S/C10H23N/c1-8(2)6-9(3)10(4,5)7-11/h8-9H,6-7,11H2,1-5H3. The van der Waals surface area contributed by atoms with Gasteiger partial charge in [-0.15, -0.1) is 0 Å². The first-order valence-corrected chi connectivity index (χ1v) is 4.60. The summed E-state index contributed by atoms with van der Waals surface area (Å²) in [6.45, 7) is 12.1. The summed E-state index contributed by atoms with van der Waals surface area (Å²) >= 11 is 0. The van der Waals surface area contributed by atoms with E-state index in [9.17, 15) is 0 Å². The summed E-state index contributed by atoms with van der Waals surface area (Å²) in [6.07, 6.45) is 1.28. The van der Waals surface area contributed by atoms with Gasteiger partial charge in [0.1, 0.15) is 0 Å². The van der Waals surface area contributed by atoms with Crippen molar-refractivity contribution in [3.8, 4) is 0 Å². The maximum atomic E-state index is 5.68. The monoisotopic (exact) mass is 157 g/mol. The van der Waals surface area contributed by atoms with Gasteiger partial charge in [-0.05, 0) is 30.2 Å². The molecule has 11 heavy (non-hydrogen) atoms. The quantitative estimate of drug-likeness (QED) is 0.667. The van der Waals surface area contributed by atoms with E-state index in [1.807, 2.05) is 0 Å². The molecule has 68 valence electrons. The summed E-state index contributed by atoms with van der Waals surface area (Å²) < 4.78 is 0. The fourth-order valence-corrected chi connectivity index (χ4v) is 1.23. The van der Waals surface area contributed by atoms with Crippen molar-refractivity contribution in [1.29, 1.82) is 0 Å². The van der Waals surface area contributed by atoms with Gasteiger partial charge in [0.05, 0.1) is 0 Å². The van der Waals surface area contributed by atoms with Crippen molar-refractivity contribution in [1.82, 2.24) is 0 Å². The van der Waals surface area contributed by atoms with Crippen molar-refractivity contribution in [2.24, 2.45) is 23.0 Å². The maximum Gasteiger partial charge on any atom is -0.00233 e. The highest BCUT2D eigenvalue weighted by atomic mass is 14.6. The summed E-state index contributed by atoms with van der Waals surface area (Å²) in [4.78, 5) is 0. The lowest BCUT2D eigenvalue weighted by Gasteiger charge is -2.31. The van der Waals surface area contributed by atoms with E-state index < -0.39 is 0 Å². The summed E-state index contributed by atoms with van der Waals surface area (Å²) in [5, 5.41) is 0. The van der Waals surface area contributed by atoms with Crippen LogP contribution in [-0.4, -0.2) is 6.54 Å². The molecule has 0 radical (unpaired) electrons. The summed E-state index contributed by atoms with van der Waals surface area (Å²) in [6, 6.07) is 0. The van der Waals surface area contributed by atoms with Crippen LogP contribution in [-0.2, 0) is 0 Å². The Hall–Kier alpha value is -0.0400. The average Bonchev–Trinajstić information content (AvgIpc) is 1.86. The number of nitrogens with two attached hydrogens (primary N) is 1. The van der Waals surface area contributed by atoms with Crippen LogP contribution in [0.15, 0.2) is 0 Å². The second-order valence-electron chi connectivity index (χ2n) is 4.72. The van der Waals surface area contributed by atoms with Gasteiger partial charge in [-0.25, -0.2) is 0 Å². The van der Waals surface area contributed by atoms with Crippen molar-refractivity contribution < 1.29 is 0 Å². The van der Waals surface area contributed by atoms with Crippen molar-refractivity contribution in [2.45, 2.75) is 41.0 Å². The zero-order valence-corrected chi connectivity index (χ0v) is 8.65. The third kappa shape index (κ3) is 3.76. The van der Waals surface area contributed by atoms with Crippen LogP contribution in [0.4, 0.5) is 0 Å². The van der Waals surface area contributed by atoms with Crippen molar-refractivity contribution >= 4 is 0 Å². The van der Waals surface area contributed by atoms with Crippen LogP contribution in [0.25, 0.3) is 0 Å². The number of hydrogen-bond acceptors (Lipinski definition) is 1. The summed E-state index contributed by atoms with van der Waals surface area (Å²) in [5.41, 5.74) is 5.99. The van der Waals surface area contributed by atoms with Gasteiger partial charge < -0.3 is 5.73 Å². The molecule has 0 fully saturated rings. The van der Waals surface area contributed by atoms with E-state index in [1.54, 1.807) is 0 Å². The smallest absolute Gasteiger partial charge is 0.00233 e. The lowest BCUT2D eigenvalue weighted by Crippen LogP contribution is -2.31. The molecule has 1 unspecified atom stereocenters. The molecule has 0 amide bonds. The van der Waals surface area contributed by atoms with Gasteiger partial charge in [0.25, 0.3) is 0 Å². The second-order valence-corrected chi connectivity index (χ2v) is 4.72. The van der Waals surface area contributed by atoms with Crippen LogP contribution in [0.3, 0.4) is 0 Å². The van der Waals surface area contributed by atoms with Crippen LogP contribution in [0, 0.1) is 17.3 Å². The average molecular weight is 157 g/mol. The Morgan fingerprint density at radius 3 is 1.91 bits per heavy atom. The zero-order chi connectivity index (χ0) is 9.07. The topological polar surface area (TPSA) is 26.0 Å². The third-order valence-electron chi connectivity index (χ3n) is 2.69. The van der Waals surface area contributed by atoms with Crippen LogP contribution in [0.5, 0.6) is 0 Å². The molecule has 0 bridgehead atoms. The fraction of sp³-hybridized carbons (Fsp3) is 1.00. The van der Waals surface area contributed by atoms with Crippen LogP contribution >= 0.6 is 0 Å². The Morgan fingerprint density at radius 2 is 1.64 bits per heavy atom. The molecular weight excluding hydrogens is 134 g/mol. The largest absolute Gasteiger partial charge is 0.330 e. The highest BCUT2D eigenvalue weighted by Gasteiger charge is 2.24. The van der Waals surface area contributed by atoms with Crippen LogP contribution in [0.1, 0.15) is 41.0 Å². The minimum absolute atomic E-state index is 0.310. The Labute approximate surface area is 71.4 Å². The lowest BCUT2D eigenvalue weighted by molar-refractivity contribution is 0.208. The van der Waals surface area contributed by atoms with Gasteiger partial charge in [-0.2, -0.15) is 0 Å². The molecule has 1 atom stereocenters. The first kappa shape index (κ1) is 11.0. The molecule has 0 aliphatic carbocycles. The molecule has 0 saturated heterocycles. The van der Waals surface area contributed by atoms with E-state index in [4.69, 9.17) is 5.73 Å². The van der Waals surface area contributed by atoms with Gasteiger partial charge in [-0.3, -0.25) is 0 Å². The molecular formula is C10H23N. The molecule has 0 aliphatic heterocycles. The Kier molecular flexibility index (Phi) is 4.09. The predicted molar refractivity (Wildman–Crippen MR) is 51.5 cm³/mol. The highest BCUT2D eigenvalue weighted by molar-refractivity contribution is 4.76. The van der Waals surface area contributed by atoms with Crippen molar-refractivity contribution in [3.63, 3.8) is 0 Å². The molecule has 0 aromatic carbocycles. The maximum absolute atomic E-state index is 5.68. The minimum Gasteiger partial charge on any atom is -0.330 e. The Morgan fingerprint density at radius 1 is 1.18 bits per heavy atom. The van der Waals surface area contributed by atoms with Crippen LogP contribution in [0.2, 0.25) is 0 Å². The van der Waals surface area contributed by atoms with Crippen LogP contribution < -0.4 is 5.73 Å². The molecule has 0 aliphatic rings. The number of hydrogen-bond donors (Lipinski definition) is 1. The zero-order valence-electron chi connectivity index (χ0n) is 8.65. The minimum atomic E-state index is 0.310. The Bertz CT molecular complexity index is 105. The van der Waals surface area contributed by atoms with Gasteiger partial charge in [0.15, 0.2) is 0 Å². The van der Waals surface area contributed by atoms with E-state index in [0.717, 1.165) is 18.4 Å². The summed E-state index contributed by atoms with van der Waals surface area (Å²) in [5.74, 6) is 1.52. The molecule has 0 heterocycles. The van der Waals surface area contributed by atoms with E-state index in [0.29, 0.717) is 5.41 Å². The Balaban J connectivity index is 3.90. The first-order chi connectivity index (χ1) is 4.90. The first-order valence-electron chi connectivity index (χ1n) is 4.60. The van der Waals surface area contributed by atoms with Gasteiger partial charge >= 0.3 is 0 Å².